The van der Waals surface area contributed by atoms with Gasteiger partial charge in [-0.25, -0.2) is 11.4 Å². The maximum absolute atomic E-state index is 12.7. The van der Waals surface area contributed by atoms with E-state index < -0.39 is 17.1 Å². The summed E-state index contributed by atoms with van der Waals surface area (Å²) in [7, 11) is 0. The molecule has 0 bridgehead atoms. The molecular formula is C19H30N2O3. The van der Waals surface area contributed by atoms with Gasteiger partial charge < -0.3 is 14.5 Å². The van der Waals surface area contributed by atoms with Gasteiger partial charge in [0.1, 0.15) is 5.60 Å². The second kappa shape index (κ2) is 6.06. The largest absolute Gasteiger partial charge is 0.444 e. The van der Waals surface area contributed by atoms with Gasteiger partial charge in [0.05, 0.1) is 0 Å². The van der Waals surface area contributed by atoms with Gasteiger partial charge in [-0.1, -0.05) is 20.8 Å². The molecule has 1 saturated heterocycles. The van der Waals surface area contributed by atoms with E-state index in [0.29, 0.717) is 19.5 Å². The molecule has 2 rings (SSSR count). The van der Waals surface area contributed by atoms with Gasteiger partial charge in [0.25, 0.3) is 6.04 Å². The molecule has 2 aliphatic rings. The van der Waals surface area contributed by atoms with Gasteiger partial charge in [0.2, 0.25) is 5.78 Å². The molecule has 5 nitrogen and oxygen atoms in total. The van der Waals surface area contributed by atoms with Crippen molar-refractivity contribution >= 4 is 11.9 Å². The number of rotatable bonds is 0. The van der Waals surface area contributed by atoms with Crippen LogP contribution in [0.25, 0.3) is 4.85 Å². The average molecular weight is 334 g/mol. The Labute approximate surface area is 145 Å². The first-order valence-electron chi connectivity index (χ1n) is 8.79. The summed E-state index contributed by atoms with van der Waals surface area (Å²) in [6.45, 7) is 20.3. The van der Waals surface area contributed by atoms with Crippen LogP contribution in [0.2, 0.25) is 0 Å². The monoisotopic (exact) mass is 334 g/mol. The van der Waals surface area contributed by atoms with E-state index in [1.165, 1.54) is 0 Å². The molecule has 0 aromatic rings. The van der Waals surface area contributed by atoms with E-state index in [1.807, 2.05) is 34.6 Å². The molecular weight excluding hydrogens is 304 g/mol. The number of nitrogens with zero attached hydrogens (tertiary/aromatic N) is 2. The van der Waals surface area contributed by atoms with E-state index >= 15 is 0 Å². The van der Waals surface area contributed by atoms with Gasteiger partial charge >= 0.3 is 6.09 Å². The molecule has 1 aliphatic heterocycles. The summed E-state index contributed by atoms with van der Waals surface area (Å²) in [6, 6.07) is -0.597. The van der Waals surface area contributed by atoms with Crippen LogP contribution in [0.4, 0.5) is 4.79 Å². The number of ketones is 1. The van der Waals surface area contributed by atoms with Crippen LogP contribution in [0.15, 0.2) is 0 Å². The van der Waals surface area contributed by atoms with E-state index in [1.54, 1.807) is 4.90 Å². The van der Waals surface area contributed by atoms with Crippen molar-refractivity contribution in [3.05, 3.63) is 11.4 Å². The third kappa shape index (κ3) is 3.43. The summed E-state index contributed by atoms with van der Waals surface area (Å²) in [4.78, 5) is 30.6. The van der Waals surface area contributed by atoms with Gasteiger partial charge in [-0.2, -0.15) is 0 Å². The highest BCUT2D eigenvalue weighted by molar-refractivity contribution is 5.92. The molecule has 0 N–H and O–H groups in total. The van der Waals surface area contributed by atoms with Crippen LogP contribution in [-0.4, -0.2) is 41.5 Å². The SMILES string of the molecule is [C-]#[N+]C1C[C@@]2(C)CN(C(=O)OC(C)(C)C)CCC[C@@H]2C(C)(C)C1=O. The van der Waals surface area contributed by atoms with E-state index in [0.717, 1.165) is 12.8 Å². The van der Waals surface area contributed by atoms with Crippen LogP contribution < -0.4 is 0 Å². The first-order chi connectivity index (χ1) is 10.9. The third-order valence-electron chi connectivity index (χ3n) is 5.59. The summed E-state index contributed by atoms with van der Waals surface area (Å²) < 4.78 is 5.54. The molecule has 1 saturated carbocycles. The number of carbonyl (C=O) groups is 2. The second-order valence-electron chi connectivity index (χ2n) is 9.19. The lowest BCUT2D eigenvalue weighted by molar-refractivity contribution is -0.141. The predicted molar refractivity (Wildman–Crippen MR) is 92.4 cm³/mol. The number of ether oxygens (including phenoxy) is 1. The number of likely N-dealkylation sites (tertiary alicyclic amines) is 1. The van der Waals surface area contributed by atoms with Crippen LogP contribution in [0.3, 0.4) is 0 Å². The van der Waals surface area contributed by atoms with Crippen LogP contribution in [0, 0.1) is 23.3 Å². The minimum atomic E-state index is -0.597. The molecule has 1 unspecified atom stereocenters. The van der Waals surface area contributed by atoms with Crippen molar-refractivity contribution < 1.29 is 14.3 Å². The van der Waals surface area contributed by atoms with Crippen molar-refractivity contribution in [2.45, 2.75) is 72.4 Å². The highest BCUT2D eigenvalue weighted by Crippen LogP contribution is 2.53. The Hall–Kier alpha value is -1.57. The van der Waals surface area contributed by atoms with E-state index in [4.69, 9.17) is 11.3 Å². The number of hydrogen-bond acceptors (Lipinski definition) is 3. The Kier molecular flexibility index (Phi) is 4.74. The highest BCUT2D eigenvalue weighted by Gasteiger charge is 2.58. The standard InChI is InChI=1S/C19H30N2O3/c1-17(2,3)24-16(23)21-10-8-9-14-18(4,5)15(22)13(20-7)11-19(14,6)12-21/h13-14H,8-12H2,1-6H3/t13?,14-,19+/m1/s1. The lowest BCUT2D eigenvalue weighted by Crippen LogP contribution is -2.56. The summed E-state index contributed by atoms with van der Waals surface area (Å²) in [5.41, 5.74) is -1.28. The van der Waals surface area contributed by atoms with Gasteiger partial charge in [0.15, 0.2) is 0 Å². The fraction of sp³-hybridized carbons (Fsp3) is 0.842. The first kappa shape index (κ1) is 18.8. The molecule has 0 spiro atoms. The van der Waals surface area contributed by atoms with Gasteiger partial charge in [-0.15, -0.1) is 0 Å². The molecule has 2 fully saturated rings. The Bertz CT molecular complexity index is 570. The summed E-state index contributed by atoms with van der Waals surface area (Å²) in [5.74, 6) is 0.244. The molecule has 1 heterocycles. The lowest BCUT2D eigenvalue weighted by atomic mass is 9.53. The van der Waals surface area contributed by atoms with E-state index in [9.17, 15) is 9.59 Å². The molecule has 0 radical (unpaired) electrons. The van der Waals surface area contributed by atoms with Crippen LogP contribution in [0.1, 0.15) is 60.8 Å². The molecule has 5 heteroatoms. The first-order valence-corrected chi connectivity index (χ1v) is 8.79. The lowest BCUT2D eigenvalue weighted by Gasteiger charge is -2.49. The number of Topliss-reactive ketones (excluding diaryl/α,β-unsaturated/α-hetero) is 1. The molecule has 1 amide bonds. The molecule has 134 valence electrons. The smallest absolute Gasteiger partial charge is 0.410 e. The summed E-state index contributed by atoms with van der Waals surface area (Å²) in [5, 5.41) is 0. The van der Waals surface area contributed by atoms with Crippen molar-refractivity contribution in [1.82, 2.24) is 4.90 Å². The quantitative estimate of drug-likeness (QED) is 0.631. The van der Waals surface area contributed by atoms with E-state index in [-0.39, 0.29) is 23.2 Å². The zero-order chi connectivity index (χ0) is 18.3. The van der Waals surface area contributed by atoms with Crippen LogP contribution in [-0.2, 0) is 9.53 Å². The molecule has 3 atom stereocenters. The van der Waals surface area contributed by atoms with Crippen molar-refractivity contribution in [1.29, 1.82) is 0 Å². The molecule has 24 heavy (non-hydrogen) atoms. The highest BCUT2D eigenvalue weighted by atomic mass is 16.6. The van der Waals surface area contributed by atoms with Crippen molar-refractivity contribution in [2.75, 3.05) is 13.1 Å². The number of carbonyl (C=O) groups excluding carboxylic acids is 2. The normalized spacial score (nSPS) is 33.2. The fourth-order valence-electron chi connectivity index (χ4n) is 4.62. The van der Waals surface area contributed by atoms with Crippen molar-refractivity contribution in [3.63, 3.8) is 0 Å². The zero-order valence-corrected chi connectivity index (χ0v) is 15.8. The van der Waals surface area contributed by atoms with Gasteiger partial charge in [-0.05, 0) is 44.9 Å². The minimum absolute atomic E-state index is 0.0608. The Morgan fingerprint density at radius 3 is 2.50 bits per heavy atom. The Morgan fingerprint density at radius 2 is 1.96 bits per heavy atom. The maximum atomic E-state index is 12.7. The molecule has 0 aromatic carbocycles. The number of amides is 1. The topological polar surface area (TPSA) is 51.0 Å². The van der Waals surface area contributed by atoms with Crippen molar-refractivity contribution in [3.8, 4) is 0 Å². The van der Waals surface area contributed by atoms with Crippen LogP contribution in [0.5, 0.6) is 0 Å². The van der Waals surface area contributed by atoms with Gasteiger partial charge in [0, 0.05) is 24.9 Å². The zero-order valence-electron chi connectivity index (χ0n) is 15.8. The number of fused-ring (bicyclic) bond motifs is 1. The average Bonchev–Trinajstić information content (AvgIpc) is 2.61. The second-order valence-corrected chi connectivity index (χ2v) is 9.19. The maximum Gasteiger partial charge on any atom is 0.410 e. The van der Waals surface area contributed by atoms with E-state index in [2.05, 4.69) is 11.8 Å². The van der Waals surface area contributed by atoms with Crippen LogP contribution >= 0.6 is 0 Å². The summed E-state index contributed by atoms with van der Waals surface area (Å²) >= 11 is 0. The fourth-order valence-corrected chi connectivity index (χ4v) is 4.62. The Balaban J connectivity index is 2.29. The predicted octanol–water partition coefficient (Wildman–Crippen LogP) is 3.93. The van der Waals surface area contributed by atoms with Crippen molar-refractivity contribution in [2.24, 2.45) is 16.7 Å². The molecule has 0 aromatic heterocycles. The molecule has 1 aliphatic carbocycles. The minimum Gasteiger partial charge on any atom is -0.444 e. The third-order valence-corrected chi connectivity index (χ3v) is 5.59. The Morgan fingerprint density at radius 1 is 1.33 bits per heavy atom. The number of hydrogen-bond donors (Lipinski definition) is 0. The van der Waals surface area contributed by atoms with Gasteiger partial charge in [-0.3, -0.25) is 4.79 Å². The summed E-state index contributed by atoms with van der Waals surface area (Å²) in [6.07, 6.45) is 2.00.